The number of aliphatic hydroxyl groups is 2. The van der Waals surface area contributed by atoms with Gasteiger partial charge in [-0.1, -0.05) is 35.7 Å². The van der Waals surface area contributed by atoms with Crippen LogP contribution in [0.1, 0.15) is 6.23 Å². The largest absolute Gasteiger partial charge is 0.394 e. The lowest BCUT2D eigenvalue weighted by atomic mass is 10.1. The van der Waals surface area contributed by atoms with E-state index in [1.165, 1.54) is 35.8 Å². The highest BCUT2D eigenvalue weighted by atomic mass is 32.2. The molecule has 26 heavy (non-hydrogen) atoms. The van der Waals surface area contributed by atoms with E-state index >= 15 is 0 Å². The fourth-order valence-electron chi connectivity index (χ4n) is 2.95. The Morgan fingerprint density at radius 1 is 1.19 bits per heavy atom. The highest BCUT2D eigenvalue weighted by Crippen LogP contribution is 2.49. The number of aromatic amines is 1. The summed E-state index contributed by atoms with van der Waals surface area (Å²) in [6.45, 7) is -0.370. The first-order chi connectivity index (χ1) is 12.6. The van der Waals surface area contributed by atoms with E-state index in [1.54, 1.807) is 0 Å². The number of aromatic nitrogens is 2. The van der Waals surface area contributed by atoms with Crippen LogP contribution >= 0.6 is 23.5 Å². The van der Waals surface area contributed by atoms with E-state index in [-0.39, 0.29) is 11.4 Å². The number of ether oxygens (including phenoxy) is 2. The van der Waals surface area contributed by atoms with Gasteiger partial charge in [0.25, 0.3) is 5.56 Å². The van der Waals surface area contributed by atoms with E-state index in [0.29, 0.717) is 0 Å². The van der Waals surface area contributed by atoms with Crippen LogP contribution in [0.25, 0.3) is 0 Å². The minimum absolute atomic E-state index is 0.296. The minimum Gasteiger partial charge on any atom is -0.394 e. The molecule has 1 fully saturated rings. The second-order valence-corrected chi connectivity index (χ2v) is 8.33. The number of H-pyrrole nitrogens is 1. The first-order valence-corrected chi connectivity index (χ1v) is 9.66. The molecular weight excluding hydrogens is 380 g/mol. The van der Waals surface area contributed by atoms with Gasteiger partial charge in [-0.25, -0.2) is 4.79 Å². The number of thioether (sulfide) groups is 2. The Balaban J connectivity index is 1.53. The molecule has 3 heterocycles. The zero-order chi connectivity index (χ0) is 18.3. The Morgan fingerprint density at radius 3 is 2.50 bits per heavy atom. The maximum absolute atomic E-state index is 12.0. The Labute approximate surface area is 156 Å². The third-order valence-electron chi connectivity index (χ3n) is 4.18. The number of hydrogen-bond acceptors (Lipinski definition) is 8. The summed E-state index contributed by atoms with van der Waals surface area (Å²) in [5, 5.41) is 20.2. The Hall–Kier alpha value is -1.56. The lowest BCUT2D eigenvalue weighted by Crippen LogP contribution is -2.39. The van der Waals surface area contributed by atoms with Crippen LogP contribution in [0.4, 0.5) is 0 Å². The monoisotopic (exact) mass is 396 g/mol. The maximum atomic E-state index is 12.0. The second-order valence-electron chi connectivity index (χ2n) is 5.83. The quantitative estimate of drug-likeness (QED) is 0.679. The van der Waals surface area contributed by atoms with Crippen molar-refractivity contribution in [3.63, 3.8) is 0 Å². The number of fused-ring (bicyclic) bond motifs is 1. The molecule has 0 spiro atoms. The molecule has 4 rings (SSSR count). The smallest absolute Gasteiger partial charge is 0.330 e. The van der Waals surface area contributed by atoms with E-state index in [4.69, 9.17) is 9.47 Å². The molecule has 4 atom stereocenters. The molecule has 8 nitrogen and oxygen atoms in total. The number of rotatable bonds is 4. The zero-order valence-electron chi connectivity index (χ0n) is 13.3. The number of benzene rings is 1. The average molecular weight is 396 g/mol. The van der Waals surface area contributed by atoms with Gasteiger partial charge in [0.2, 0.25) is 0 Å². The molecule has 1 aromatic heterocycles. The first-order valence-electron chi connectivity index (χ1n) is 7.90. The third-order valence-corrected chi connectivity index (χ3v) is 6.71. The molecule has 0 amide bonds. The van der Waals surface area contributed by atoms with Crippen molar-refractivity contribution in [2.75, 3.05) is 6.61 Å². The van der Waals surface area contributed by atoms with Crippen molar-refractivity contribution >= 4 is 23.5 Å². The van der Waals surface area contributed by atoms with Crippen LogP contribution in [0.5, 0.6) is 0 Å². The van der Waals surface area contributed by atoms with E-state index in [2.05, 4.69) is 4.98 Å². The fraction of sp³-hybridized carbons (Fsp3) is 0.375. The lowest BCUT2D eigenvalue weighted by Gasteiger charge is -2.22. The summed E-state index contributed by atoms with van der Waals surface area (Å²) in [6, 6.07) is 9.03. The van der Waals surface area contributed by atoms with Crippen molar-refractivity contribution in [2.45, 2.75) is 39.1 Å². The van der Waals surface area contributed by atoms with Gasteiger partial charge in [-0.15, -0.1) is 0 Å². The first kappa shape index (κ1) is 17.8. The van der Waals surface area contributed by atoms with Crippen LogP contribution in [-0.2, 0) is 9.47 Å². The molecule has 0 bridgehead atoms. The highest BCUT2D eigenvalue weighted by molar-refractivity contribution is 8.19. The normalized spacial score (nSPS) is 28.4. The molecule has 1 aromatic carbocycles. The molecule has 2 aliphatic rings. The fourth-order valence-corrected chi connectivity index (χ4v) is 5.52. The number of nitrogens with zero attached hydrogens (tertiary/aromatic N) is 1. The van der Waals surface area contributed by atoms with Crippen LogP contribution in [0, 0.1) is 0 Å². The van der Waals surface area contributed by atoms with Crippen molar-refractivity contribution in [1.29, 1.82) is 0 Å². The van der Waals surface area contributed by atoms with Gasteiger partial charge in [0.1, 0.15) is 18.3 Å². The van der Waals surface area contributed by atoms with E-state index in [1.807, 2.05) is 24.3 Å². The second kappa shape index (κ2) is 7.22. The standard InChI is InChI=1S/C16H16N2O6S2/c19-7-8-13(24-16-25-9-3-1-2-4-10(9)26-16)12(21)14(23-8)18-6-5-11(20)17-15(18)22/h1-6,8,12-14,16,19,21H,7H2,(H,17,20,22)/t8-,12-,13-,14-/m1/s1. The predicted molar refractivity (Wildman–Crippen MR) is 95.1 cm³/mol. The third kappa shape index (κ3) is 3.24. The highest BCUT2D eigenvalue weighted by Gasteiger charge is 2.47. The molecule has 0 aliphatic carbocycles. The summed E-state index contributed by atoms with van der Waals surface area (Å²) in [7, 11) is 0. The molecule has 0 saturated carbocycles. The van der Waals surface area contributed by atoms with Crippen molar-refractivity contribution in [3.8, 4) is 0 Å². The number of aliphatic hydroxyl groups excluding tert-OH is 2. The zero-order valence-corrected chi connectivity index (χ0v) is 15.0. The van der Waals surface area contributed by atoms with E-state index in [0.717, 1.165) is 14.4 Å². The van der Waals surface area contributed by atoms with Crippen LogP contribution in [0.2, 0.25) is 0 Å². The maximum Gasteiger partial charge on any atom is 0.330 e. The van der Waals surface area contributed by atoms with Gasteiger partial charge in [0.15, 0.2) is 11.0 Å². The van der Waals surface area contributed by atoms with E-state index < -0.39 is 35.8 Å². The van der Waals surface area contributed by atoms with Crippen molar-refractivity contribution in [2.24, 2.45) is 0 Å². The molecule has 0 unspecified atom stereocenters. The SMILES string of the molecule is O=c1ccn([C@@H]2O[C@H](CO)[C@@H](OC3Sc4ccccc4S3)[C@H]2O)c(=O)[nH]1. The summed E-state index contributed by atoms with van der Waals surface area (Å²) in [5.41, 5.74) is -1.24. The Bertz CT molecular complexity index is 891. The number of hydrogen-bond donors (Lipinski definition) is 3. The van der Waals surface area contributed by atoms with Gasteiger partial charge in [0, 0.05) is 22.1 Å². The van der Waals surface area contributed by atoms with Gasteiger partial charge < -0.3 is 19.7 Å². The summed E-state index contributed by atoms with van der Waals surface area (Å²) in [4.78, 5) is 27.5. The minimum atomic E-state index is -1.18. The molecule has 3 N–H and O–H groups in total. The molecule has 10 heteroatoms. The van der Waals surface area contributed by atoms with Crippen molar-refractivity contribution < 1.29 is 19.7 Å². The van der Waals surface area contributed by atoms with Crippen LogP contribution in [0.3, 0.4) is 0 Å². The molecule has 138 valence electrons. The average Bonchev–Trinajstić information content (AvgIpc) is 3.17. The molecule has 2 aliphatic heterocycles. The molecule has 0 radical (unpaired) electrons. The molecule has 2 aromatic rings. The predicted octanol–water partition coefficient (Wildman–Crippen LogP) is 0.354. The Morgan fingerprint density at radius 2 is 1.88 bits per heavy atom. The summed E-state index contributed by atoms with van der Waals surface area (Å²) in [6.07, 6.45) is -2.59. The van der Waals surface area contributed by atoms with Gasteiger partial charge in [-0.3, -0.25) is 14.3 Å². The van der Waals surface area contributed by atoms with Crippen molar-refractivity contribution in [3.05, 3.63) is 57.4 Å². The molecular formula is C16H16N2O6S2. The topological polar surface area (TPSA) is 114 Å². The lowest BCUT2D eigenvalue weighted by molar-refractivity contribution is -0.0591. The van der Waals surface area contributed by atoms with Crippen LogP contribution in [-0.4, -0.2) is 49.5 Å². The van der Waals surface area contributed by atoms with Gasteiger partial charge in [0.05, 0.1) is 6.61 Å². The van der Waals surface area contributed by atoms with Gasteiger partial charge >= 0.3 is 5.69 Å². The summed E-state index contributed by atoms with van der Waals surface area (Å²) >= 11 is 3.03. The van der Waals surface area contributed by atoms with Crippen LogP contribution in [0.15, 0.2) is 55.9 Å². The Kier molecular flexibility index (Phi) is 4.95. The van der Waals surface area contributed by atoms with E-state index in [9.17, 15) is 19.8 Å². The van der Waals surface area contributed by atoms with Crippen LogP contribution < -0.4 is 11.2 Å². The molecule has 1 saturated heterocycles. The van der Waals surface area contributed by atoms with Gasteiger partial charge in [-0.05, 0) is 12.1 Å². The van der Waals surface area contributed by atoms with Gasteiger partial charge in [-0.2, -0.15) is 0 Å². The van der Waals surface area contributed by atoms with Crippen molar-refractivity contribution in [1.82, 2.24) is 9.55 Å². The number of nitrogens with one attached hydrogen (secondary N) is 1. The summed E-state index contributed by atoms with van der Waals surface area (Å²) in [5.74, 6) is 0. The summed E-state index contributed by atoms with van der Waals surface area (Å²) < 4.78 is 12.4.